The molecule has 0 amide bonds. The highest BCUT2D eigenvalue weighted by Gasteiger charge is 2.28. The van der Waals surface area contributed by atoms with Crippen LogP contribution in [0.1, 0.15) is 64.4 Å². The van der Waals surface area contributed by atoms with E-state index in [9.17, 15) is 9.90 Å². The Balaban J connectivity index is 1.98. The van der Waals surface area contributed by atoms with Crippen molar-refractivity contribution in [2.45, 2.75) is 70.9 Å². The molecule has 33 heavy (non-hydrogen) atoms. The van der Waals surface area contributed by atoms with Crippen molar-refractivity contribution >= 4 is 34.8 Å². The van der Waals surface area contributed by atoms with Gasteiger partial charge in [0.25, 0.3) is 0 Å². The van der Waals surface area contributed by atoms with Gasteiger partial charge in [-0.1, -0.05) is 38.4 Å². The van der Waals surface area contributed by atoms with E-state index in [0.29, 0.717) is 28.9 Å². The van der Waals surface area contributed by atoms with Crippen LogP contribution in [0.3, 0.4) is 0 Å². The Hall–Kier alpha value is -2.31. The maximum absolute atomic E-state index is 11.3. The van der Waals surface area contributed by atoms with Crippen LogP contribution in [0.15, 0.2) is 36.5 Å². The van der Waals surface area contributed by atoms with Crippen LogP contribution >= 0.6 is 11.6 Å². The molecule has 180 valence electrons. The summed E-state index contributed by atoms with van der Waals surface area (Å²) in [6.07, 6.45) is 6.35. The fraction of sp³-hybridized carbons (Fsp3) is 0.538. The monoisotopic (exact) mass is 473 g/mol. The molecular weight excluding hydrogens is 438 g/mol. The lowest BCUT2D eigenvalue weighted by molar-refractivity contribution is -0.137. The van der Waals surface area contributed by atoms with Crippen molar-refractivity contribution in [2.24, 2.45) is 5.92 Å². The molecule has 0 spiro atoms. The lowest BCUT2D eigenvalue weighted by atomic mass is 9.90. The van der Waals surface area contributed by atoms with Crippen LogP contribution in [0.2, 0.25) is 5.02 Å². The number of benzene rings is 1. The molecule has 1 saturated carbocycles. The summed E-state index contributed by atoms with van der Waals surface area (Å²) in [5.41, 5.74) is 3.05. The minimum Gasteiger partial charge on any atom is -0.481 e. The van der Waals surface area contributed by atoms with Gasteiger partial charge in [0.1, 0.15) is 5.82 Å². The third-order valence-electron chi connectivity index (χ3n) is 6.35. The van der Waals surface area contributed by atoms with Gasteiger partial charge in [-0.2, -0.15) is 0 Å². The Bertz CT molecular complexity index is 911. The van der Waals surface area contributed by atoms with Crippen LogP contribution in [0, 0.1) is 5.92 Å². The highest BCUT2D eigenvalue weighted by atomic mass is 35.5. The Morgan fingerprint density at radius 1 is 1.21 bits per heavy atom. The van der Waals surface area contributed by atoms with Crippen molar-refractivity contribution in [3.63, 3.8) is 0 Å². The number of carboxylic acids is 1. The van der Waals surface area contributed by atoms with Gasteiger partial charge in [0.15, 0.2) is 0 Å². The second kappa shape index (κ2) is 11.7. The molecule has 1 atom stereocenters. The van der Waals surface area contributed by atoms with Gasteiger partial charge in [0.2, 0.25) is 0 Å². The number of nitrogens with zero attached hydrogens (tertiary/aromatic N) is 2. The van der Waals surface area contributed by atoms with Gasteiger partial charge >= 0.3 is 5.97 Å². The van der Waals surface area contributed by atoms with Crippen LogP contribution in [-0.4, -0.2) is 41.9 Å². The summed E-state index contributed by atoms with van der Waals surface area (Å²) >= 11 is 6.03. The first kappa shape index (κ1) is 25.3. The van der Waals surface area contributed by atoms with Crippen molar-refractivity contribution < 1.29 is 14.6 Å². The van der Waals surface area contributed by atoms with E-state index in [4.69, 9.17) is 16.3 Å². The van der Waals surface area contributed by atoms with Gasteiger partial charge in [-0.3, -0.25) is 4.79 Å². The Morgan fingerprint density at radius 2 is 1.94 bits per heavy atom. The highest BCUT2D eigenvalue weighted by molar-refractivity contribution is 6.30. The predicted octanol–water partition coefficient (Wildman–Crippen LogP) is 6.48. The van der Waals surface area contributed by atoms with Crippen LogP contribution in [0.5, 0.6) is 0 Å². The minimum absolute atomic E-state index is 0.0917. The largest absolute Gasteiger partial charge is 0.481 e. The molecule has 3 rings (SSSR count). The molecular formula is C26H36ClN3O3. The average molecular weight is 474 g/mol. The van der Waals surface area contributed by atoms with Gasteiger partial charge in [-0.05, 0) is 67.3 Å². The number of carboxylic acid groups (broad SMARTS) is 1. The van der Waals surface area contributed by atoms with Crippen molar-refractivity contribution in [2.75, 3.05) is 23.9 Å². The molecule has 1 fully saturated rings. The zero-order valence-electron chi connectivity index (χ0n) is 20.1. The van der Waals surface area contributed by atoms with Gasteiger partial charge in [0.05, 0.1) is 28.9 Å². The molecule has 7 heteroatoms. The van der Waals surface area contributed by atoms with Crippen LogP contribution in [0.25, 0.3) is 0 Å². The van der Waals surface area contributed by atoms with Crippen LogP contribution < -0.4 is 10.2 Å². The maximum Gasteiger partial charge on any atom is 0.303 e. The molecule has 1 heterocycles. The molecule has 2 aromatic rings. The van der Waals surface area contributed by atoms with E-state index in [1.807, 2.05) is 19.1 Å². The van der Waals surface area contributed by atoms with Crippen molar-refractivity contribution in [1.29, 1.82) is 0 Å². The SMILES string of the molecule is CO[C@H]1CC[C@H](N(CC(C)C)c2ccc([C@H](C)CC(=O)O)cc2Nc2ccc(Cl)cn2)CC1. The number of methoxy groups -OCH3 is 1. The third kappa shape index (κ3) is 7.08. The lowest BCUT2D eigenvalue weighted by Gasteiger charge is -2.40. The number of rotatable bonds is 10. The number of nitrogens with one attached hydrogen (secondary N) is 1. The third-order valence-corrected chi connectivity index (χ3v) is 6.57. The number of aromatic nitrogens is 1. The molecule has 0 aliphatic heterocycles. The number of hydrogen-bond donors (Lipinski definition) is 2. The summed E-state index contributed by atoms with van der Waals surface area (Å²) in [5.74, 6) is 0.316. The summed E-state index contributed by atoms with van der Waals surface area (Å²) in [7, 11) is 1.80. The van der Waals surface area contributed by atoms with E-state index in [2.05, 4.69) is 47.2 Å². The van der Waals surface area contributed by atoms with Crippen molar-refractivity contribution in [3.8, 4) is 0 Å². The summed E-state index contributed by atoms with van der Waals surface area (Å²) in [6, 6.07) is 10.4. The molecule has 0 bridgehead atoms. The lowest BCUT2D eigenvalue weighted by Crippen LogP contribution is -2.41. The molecule has 0 saturated heterocycles. The van der Waals surface area contributed by atoms with Crippen molar-refractivity contribution in [1.82, 2.24) is 4.98 Å². The first-order valence-corrected chi connectivity index (χ1v) is 12.2. The van der Waals surface area contributed by atoms with Crippen LogP contribution in [0.4, 0.5) is 17.2 Å². The number of halogens is 1. The number of anilines is 3. The smallest absolute Gasteiger partial charge is 0.303 e. The zero-order chi connectivity index (χ0) is 24.0. The van der Waals surface area contributed by atoms with Gasteiger partial charge in [-0.15, -0.1) is 0 Å². The Labute approximate surface area is 202 Å². The van der Waals surface area contributed by atoms with Gasteiger partial charge < -0.3 is 20.1 Å². The molecule has 1 aliphatic rings. The van der Waals surface area contributed by atoms with E-state index >= 15 is 0 Å². The standard InChI is InChI=1S/C26H36ClN3O3/c1-17(2)16-30(21-7-9-22(33-4)10-8-21)24-11-5-19(18(3)13-26(31)32)14-23(24)29-25-12-6-20(27)15-28-25/h5-6,11-12,14-15,17-18,21-22H,7-10,13,16H2,1-4H3,(H,28,29)(H,31,32)/t18-,21-,22-/m1/s1. The van der Waals surface area contributed by atoms with Gasteiger partial charge in [0, 0.05) is 25.9 Å². The second-order valence-electron chi connectivity index (χ2n) is 9.47. The zero-order valence-corrected chi connectivity index (χ0v) is 20.8. The van der Waals surface area contributed by atoms with E-state index < -0.39 is 5.97 Å². The Kier molecular flexibility index (Phi) is 8.98. The number of aliphatic carboxylic acids is 1. The molecule has 1 aromatic heterocycles. The first-order chi connectivity index (χ1) is 15.8. The topological polar surface area (TPSA) is 74.7 Å². The molecule has 2 N–H and O–H groups in total. The summed E-state index contributed by atoms with van der Waals surface area (Å²) < 4.78 is 5.59. The quantitative estimate of drug-likeness (QED) is 0.411. The van der Waals surface area contributed by atoms with E-state index in [1.165, 1.54) is 0 Å². The normalized spacial score (nSPS) is 19.3. The second-order valence-corrected chi connectivity index (χ2v) is 9.91. The molecule has 1 aromatic carbocycles. The Morgan fingerprint density at radius 3 is 2.52 bits per heavy atom. The fourth-order valence-electron chi connectivity index (χ4n) is 4.61. The summed E-state index contributed by atoms with van der Waals surface area (Å²) in [4.78, 5) is 18.2. The number of hydrogen-bond acceptors (Lipinski definition) is 5. The predicted molar refractivity (Wildman–Crippen MR) is 135 cm³/mol. The fourth-order valence-corrected chi connectivity index (χ4v) is 4.72. The van der Waals surface area contributed by atoms with E-state index in [0.717, 1.165) is 49.2 Å². The van der Waals surface area contributed by atoms with E-state index in [-0.39, 0.29) is 12.3 Å². The first-order valence-electron chi connectivity index (χ1n) is 11.8. The molecule has 1 aliphatic carbocycles. The molecule has 0 unspecified atom stereocenters. The minimum atomic E-state index is -0.795. The average Bonchev–Trinajstić information content (AvgIpc) is 2.78. The molecule has 6 nitrogen and oxygen atoms in total. The van der Waals surface area contributed by atoms with Gasteiger partial charge in [-0.25, -0.2) is 4.98 Å². The number of pyridine rings is 1. The number of ether oxygens (including phenoxy) is 1. The summed E-state index contributed by atoms with van der Waals surface area (Å²) in [5, 5.41) is 13.3. The van der Waals surface area contributed by atoms with Crippen molar-refractivity contribution in [3.05, 3.63) is 47.1 Å². The van der Waals surface area contributed by atoms with E-state index in [1.54, 1.807) is 13.3 Å². The van der Waals surface area contributed by atoms with Crippen LogP contribution in [-0.2, 0) is 9.53 Å². The number of carbonyl (C=O) groups is 1. The molecule has 0 radical (unpaired) electrons. The summed E-state index contributed by atoms with van der Waals surface area (Å²) in [6.45, 7) is 7.37. The maximum atomic E-state index is 11.3. The highest BCUT2D eigenvalue weighted by Crippen LogP contribution is 2.37.